The Morgan fingerprint density at radius 3 is 1.86 bits per heavy atom. The second-order valence-electron chi connectivity index (χ2n) is 5.97. The van der Waals surface area contributed by atoms with Gasteiger partial charge in [-0.05, 0) is 31.0 Å². The molecule has 2 aromatic rings. The Bertz CT molecular complexity index is 737. The molecule has 1 aromatic carbocycles. The fourth-order valence-electron chi connectivity index (χ4n) is 3.73. The maximum Gasteiger partial charge on any atom is 0.202 e. The third kappa shape index (κ3) is 1.96. The Hall–Kier alpha value is -1.58. The largest absolute Gasteiger partial charge is 0.494 e. The van der Waals surface area contributed by atoms with E-state index in [1.54, 1.807) is 18.2 Å². The molecule has 0 amide bonds. The number of nitrogens with zero attached hydrogens (tertiary/aromatic N) is 1. The lowest BCUT2D eigenvalue weighted by molar-refractivity contribution is 0.396. The van der Waals surface area contributed by atoms with Gasteiger partial charge in [-0.25, -0.2) is 0 Å². The van der Waals surface area contributed by atoms with Crippen LogP contribution in [0.5, 0.6) is 11.8 Å². The minimum absolute atomic E-state index is 0.0899. The van der Waals surface area contributed by atoms with Crippen molar-refractivity contribution < 1.29 is 10.2 Å². The highest BCUT2D eigenvalue weighted by Gasteiger charge is 2.36. The number of aromatic nitrogens is 1. The van der Waals surface area contributed by atoms with Crippen LogP contribution in [0, 0.1) is 0 Å². The first-order valence-electron chi connectivity index (χ1n) is 7.37. The Morgan fingerprint density at radius 2 is 1.36 bits per heavy atom. The summed E-state index contributed by atoms with van der Waals surface area (Å²) in [6.45, 7) is 0. The molecule has 0 saturated carbocycles. The van der Waals surface area contributed by atoms with Crippen LogP contribution in [0.4, 0.5) is 0 Å². The quantitative estimate of drug-likeness (QED) is 0.710. The molecule has 1 aromatic heterocycles. The van der Waals surface area contributed by atoms with Crippen molar-refractivity contribution >= 4 is 23.2 Å². The van der Waals surface area contributed by atoms with Crippen LogP contribution >= 0.6 is 23.2 Å². The van der Waals surface area contributed by atoms with E-state index in [0.717, 1.165) is 30.4 Å². The normalized spacial score (nSPS) is 22.6. The van der Waals surface area contributed by atoms with Crippen LogP contribution in [-0.2, 0) is 0 Å². The van der Waals surface area contributed by atoms with Crippen molar-refractivity contribution in [3.8, 4) is 17.4 Å². The van der Waals surface area contributed by atoms with Gasteiger partial charge in [-0.15, -0.1) is 0 Å². The molecule has 22 heavy (non-hydrogen) atoms. The predicted octanol–water partition coefficient (Wildman–Crippen LogP) is 5.12. The van der Waals surface area contributed by atoms with Gasteiger partial charge in [0.2, 0.25) is 11.8 Å². The summed E-state index contributed by atoms with van der Waals surface area (Å²) >= 11 is 12.1. The van der Waals surface area contributed by atoms with Gasteiger partial charge in [0.05, 0.1) is 5.69 Å². The van der Waals surface area contributed by atoms with Crippen molar-refractivity contribution in [1.29, 1.82) is 0 Å². The Morgan fingerprint density at radius 1 is 0.864 bits per heavy atom. The fourth-order valence-corrected chi connectivity index (χ4v) is 4.24. The van der Waals surface area contributed by atoms with Crippen LogP contribution in [0.15, 0.2) is 30.4 Å². The van der Waals surface area contributed by atoms with Crippen LogP contribution in [0.3, 0.4) is 0 Å². The first-order valence-corrected chi connectivity index (χ1v) is 8.13. The van der Waals surface area contributed by atoms with Crippen molar-refractivity contribution in [1.82, 2.24) is 4.57 Å². The molecule has 3 aliphatic rings. The summed E-state index contributed by atoms with van der Waals surface area (Å²) < 4.78 is 1.45. The summed E-state index contributed by atoms with van der Waals surface area (Å²) in [5, 5.41) is 22.4. The SMILES string of the molecule is Oc1c2c(c(O)n1-c1cc(Cl)cc(Cl)c1)[C@H]1C=C[C@@H]2CCC1. The molecule has 0 unspecified atom stereocenters. The summed E-state index contributed by atoms with van der Waals surface area (Å²) in [7, 11) is 0. The number of halogens is 2. The summed E-state index contributed by atoms with van der Waals surface area (Å²) in [6.07, 6.45) is 7.38. The van der Waals surface area contributed by atoms with Crippen molar-refractivity contribution in [2.75, 3.05) is 0 Å². The molecule has 0 spiro atoms. The van der Waals surface area contributed by atoms with Gasteiger partial charge in [-0.1, -0.05) is 41.8 Å². The zero-order valence-electron chi connectivity index (χ0n) is 11.8. The van der Waals surface area contributed by atoms with Crippen molar-refractivity contribution in [3.63, 3.8) is 0 Å². The fraction of sp³-hybridized carbons (Fsp3) is 0.294. The number of benzene rings is 1. The van der Waals surface area contributed by atoms with E-state index in [1.807, 2.05) is 0 Å². The molecule has 3 aliphatic carbocycles. The maximum absolute atomic E-state index is 10.7. The predicted molar refractivity (Wildman–Crippen MR) is 87.6 cm³/mol. The molecule has 3 nitrogen and oxygen atoms in total. The number of rotatable bonds is 1. The molecule has 0 saturated heterocycles. The van der Waals surface area contributed by atoms with Gasteiger partial charge in [0.15, 0.2) is 0 Å². The van der Waals surface area contributed by atoms with Gasteiger partial charge in [-0.3, -0.25) is 4.57 Å². The molecule has 2 bridgehead atoms. The molecular weight excluding hydrogens is 321 g/mol. The van der Waals surface area contributed by atoms with Crippen LogP contribution in [0.2, 0.25) is 10.0 Å². The molecule has 1 heterocycles. The van der Waals surface area contributed by atoms with Gasteiger partial charge in [0.1, 0.15) is 0 Å². The van der Waals surface area contributed by atoms with E-state index >= 15 is 0 Å². The van der Waals surface area contributed by atoms with E-state index in [-0.39, 0.29) is 23.6 Å². The van der Waals surface area contributed by atoms with E-state index in [9.17, 15) is 10.2 Å². The lowest BCUT2D eigenvalue weighted by Crippen LogP contribution is -2.02. The van der Waals surface area contributed by atoms with E-state index in [0.29, 0.717) is 15.7 Å². The standard InChI is InChI=1S/C17H15Cl2NO2/c18-11-6-12(19)8-13(7-11)20-16(21)14-9-2-1-3-10(5-4-9)15(14)17(20)22/h4-10,21-22H,1-3H2/t9-,10+. The Kier molecular flexibility index (Phi) is 3.17. The summed E-state index contributed by atoms with van der Waals surface area (Å²) in [5.41, 5.74) is 2.26. The lowest BCUT2D eigenvalue weighted by atomic mass is 9.86. The highest BCUT2D eigenvalue weighted by Crippen LogP contribution is 2.52. The minimum atomic E-state index is 0.0899. The Labute approximate surface area is 138 Å². The van der Waals surface area contributed by atoms with E-state index in [4.69, 9.17) is 23.2 Å². The van der Waals surface area contributed by atoms with Gasteiger partial charge >= 0.3 is 0 Å². The monoisotopic (exact) mass is 335 g/mol. The lowest BCUT2D eigenvalue weighted by Gasteiger charge is -2.17. The van der Waals surface area contributed by atoms with Gasteiger partial charge < -0.3 is 10.2 Å². The van der Waals surface area contributed by atoms with E-state index < -0.39 is 0 Å². The molecule has 114 valence electrons. The summed E-state index contributed by atoms with van der Waals surface area (Å²) in [6, 6.07) is 4.99. The first kappa shape index (κ1) is 14.0. The number of fused-ring (bicyclic) bond motifs is 2. The highest BCUT2D eigenvalue weighted by molar-refractivity contribution is 6.34. The molecule has 5 heteroatoms. The topological polar surface area (TPSA) is 45.4 Å². The molecule has 2 atom stereocenters. The van der Waals surface area contributed by atoms with Crippen molar-refractivity contribution in [2.24, 2.45) is 0 Å². The smallest absolute Gasteiger partial charge is 0.202 e. The summed E-state index contributed by atoms with van der Waals surface area (Å²) in [4.78, 5) is 0. The second kappa shape index (κ2) is 4.97. The van der Waals surface area contributed by atoms with Crippen molar-refractivity contribution in [2.45, 2.75) is 31.1 Å². The highest BCUT2D eigenvalue weighted by atomic mass is 35.5. The van der Waals surface area contributed by atoms with Crippen LogP contribution in [0.25, 0.3) is 5.69 Å². The third-order valence-electron chi connectivity index (χ3n) is 4.65. The Balaban J connectivity index is 1.97. The average molecular weight is 336 g/mol. The van der Waals surface area contributed by atoms with Crippen molar-refractivity contribution in [3.05, 3.63) is 51.5 Å². The molecule has 5 rings (SSSR count). The van der Waals surface area contributed by atoms with Gasteiger partial charge in [0.25, 0.3) is 0 Å². The average Bonchev–Trinajstić information content (AvgIpc) is 2.66. The maximum atomic E-state index is 10.7. The van der Waals surface area contributed by atoms with Crippen LogP contribution in [-0.4, -0.2) is 14.8 Å². The van der Waals surface area contributed by atoms with E-state index in [2.05, 4.69) is 12.2 Å². The van der Waals surface area contributed by atoms with Gasteiger partial charge in [-0.2, -0.15) is 0 Å². The molecule has 2 N–H and O–H groups in total. The van der Waals surface area contributed by atoms with E-state index in [1.165, 1.54) is 4.57 Å². The minimum Gasteiger partial charge on any atom is -0.494 e. The number of aromatic hydroxyl groups is 2. The van der Waals surface area contributed by atoms with Crippen LogP contribution < -0.4 is 0 Å². The first-order chi connectivity index (χ1) is 10.6. The van der Waals surface area contributed by atoms with Gasteiger partial charge in [0, 0.05) is 33.0 Å². The number of allylic oxidation sites excluding steroid dienone is 2. The molecule has 0 fully saturated rings. The molecule has 0 aliphatic heterocycles. The number of hydrogen-bond donors (Lipinski definition) is 2. The van der Waals surface area contributed by atoms with Crippen LogP contribution in [0.1, 0.15) is 42.2 Å². The number of hydrogen-bond acceptors (Lipinski definition) is 2. The zero-order valence-corrected chi connectivity index (χ0v) is 13.3. The molecule has 0 radical (unpaired) electrons. The third-order valence-corrected chi connectivity index (χ3v) is 5.09. The zero-order chi connectivity index (χ0) is 15.4. The summed E-state index contributed by atoms with van der Waals surface area (Å²) in [5.74, 6) is 0.505. The second-order valence-corrected chi connectivity index (χ2v) is 6.84. The molecular formula is C17H15Cl2NO2.